The summed E-state index contributed by atoms with van der Waals surface area (Å²) >= 11 is 0. The SMILES string of the molecule is CC1(C=CS(N)(=O)=O)CCCN1C(=O)O. The topological polar surface area (TPSA) is 101 Å². The standard InChI is InChI=1S/C8H14N2O4S/c1-8(4-6-15(9,13)14)3-2-5-10(8)7(11)12/h4,6H,2-3,5H2,1H3,(H,11,12)(H2,9,13,14). The molecule has 1 aliphatic heterocycles. The molecule has 0 bridgehead atoms. The van der Waals surface area contributed by atoms with Gasteiger partial charge >= 0.3 is 6.09 Å². The van der Waals surface area contributed by atoms with Gasteiger partial charge in [0.2, 0.25) is 10.0 Å². The molecule has 0 aromatic heterocycles. The minimum Gasteiger partial charge on any atom is -0.465 e. The fourth-order valence-electron chi connectivity index (χ4n) is 1.71. The summed E-state index contributed by atoms with van der Waals surface area (Å²) in [5.74, 6) is 0. The number of primary sulfonamides is 1. The van der Waals surface area contributed by atoms with Gasteiger partial charge in [0, 0.05) is 12.0 Å². The zero-order valence-electron chi connectivity index (χ0n) is 8.38. The van der Waals surface area contributed by atoms with E-state index in [4.69, 9.17) is 10.2 Å². The van der Waals surface area contributed by atoms with Gasteiger partial charge in [0.15, 0.2) is 0 Å². The lowest BCUT2D eigenvalue weighted by atomic mass is 10.00. The van der Waals surface area contributed by atoms with Crippen LogP contribution in [0.1, 0.15) is 19.8 Å². The van der Waals surface area contributed by atoms with Gasteiger partial charge in [-0.2, -0.15) is 0 Å². The van der Waals surface area contributed by atoms with E-state index in [9.17, 15) is 13.2 Å². The van der Waals surface area contributed by atoms with Crippen molar-refractivity contribution >= 4 is 16.1 Å². The highest BCUT2D eigenvalue weighted by molar-refractivity contribution is 7.92. The van der Waals surface area contributed by atoms with Crippen LogP contribution < -0.4 is 5.14 Å². The summed E-state index contributed by atoms with van der Waals surface area (Å²) in [6.45, 7) is 2.09. The van der Waals surface area contributed by atoms with E-state index < -0.39 is 21.7 Å². The summed E-state index contributed by atoms with van der Waals surface area (Å²) in [6.07, 6.45) is 1.61. The number of nitrogens with zero attached hydrogens (tertiary/aromatic N) is 1. The minimum absolute atomic E-state index is 0.417. The molecule has 86 valence electrons. The lowest BCUT2D eigenvalue weighted by Crippen LogP contribution is -2.42. The molecule has 0 radical (unpaired) electrons. The van der Waals surface area contributed by atoms with E-state index in [-0.39, 0.29) is 0 Å². The van der Waals surface area contributed by atoms with Gasteiger partial charge in [0.05, 0.1) is 5.54 Å². The van der Waals surface area contributed by atoms with Gasteiger partial charge in [-0.15, -0.1) is 0 Å². The van der Waals surface area contributed by atoms with Gasteiger partial charge < -0.3 is 5.11 Å². The molecule has 7 heteroatoms. The van der Waals surface area contributed by atoms with Crippen LogP contribution in [0.4, 0.5) is 4.79 Å². The third-order valence-electron chi connectivity index (χ3n) is 2.53. The van der Waals surface area contributed by atoms with E-state index in [2.05, 4.69) is 0 Å². The van der Waals surface area contributed by atoms with Crippen molar-refractivity contribution in [3.63, 3.8) is 0 Å². The average Bonchev–Trinajstić information content (AvgIpc) is 2.44. The Morgan fingerprint density at radius 3 is 2.67 bits per heavy atom. The Morgan fingerprint density at radius 1 is 1.60 bits per heavy atom. The summed E-state index contributed by atoms with van der Waals surface area (Å²) in [4.78, 5) is 12.1. The number of sulfonamides is 1. The second kappa shape index (κ2) is 3.82. The van der Waals surface area contributed by atoms with Crippen LogP contribution in [0.3, 0.4) is 0 Å². The minimum atomic E-state index is -3.70. The fourth-order valence-corrected chi connectivity index (χ4v) is 2.20. The van der Waals surface area contributed by atoms with Crippen molar-refractivity contribution in [2.24, 2.45) is 5.14 Å². The van der Waals surface area contributed by atoms with Gasteiger partial charge in [-0.1, -0.05) is 0 Å². The van der Waals surface area contributed by atoms with Gasteiger partial charge in [-0.3, -0.25) is 4.90 Å². The third kappa shape index (κ3) is 2.93. The highest BCUT2D eigenvalue weighted by atomic mass is 32.2. The normalized spacial score (nSPS) is 27.5. The smallest absolute Gasteiger partial charge is 0.407 e. The summed E-state index contributed by atoms with van der Waals surface area (Å²) in [7, 11) is -3.70. The molecule has 0 saturated carbocycles. The molecule has 15 heavy (non-hydrogen) atoms. The molecule has 1 fully saturated rings. The number of carbonyl (C=O) groups is 1. The van der Waals surface area contributed by atoms with Crippen LogP contribution in [0.2, 0.25) is 0 Å². The Morgan fingerprint density at radius 2 is 2.20 bits per heavy atom. The predicted octanol–water partition coefficient (Wildman–Crippen LogP) is 0.321. The van der Waals surface area contributed by atoms with Crippen molar-refractivity contribution < 1.29 is 18.3 Å². The zero-order valence-corrected chi connectivity index (χ0v) is 9.20. The molecule has 0 aromatic rings. The third-order valence-corrected chi connectivity index (χ3v) is 3.04. The molecule has 0 spiro atoms. The Balaban J connectivity index is 2.91. The first-order chi connectivity index (χ1) is 6.75. The average molecular weight is 234 g/mol. The molecule has 0 aliphatic carbocycles. The lowest BCUT2D eigenvalue weighted by Gasteiger charge is -2.29. The summed E-state index contributed by atoms with van der Waals surface area (Å²) < 4.78 is 21.5. The van der Waals surface area contributed by atoms with Gasteiger partial charge in [-0.05, 0) is 25.8 Å². The second-order valence-electron chi connectivity index (χ2n) is 3.79. The molecule has 6 nitrogen and oxygen atoms in total. The van der Waals surface area contributed by atoms with Crippen molar-refractivity contribution in [2.75, 3.05) is 6.54 Å². The van der Waals surface area contributed by atoms with Gasteiger partial charge in [0.25, 0.3) is 0 Å². The van der Waals surface area contributed by atoms with Crippen LogP contribution in [-0.2, 0) is 10.0 Å². The number of nitrogens with two attached hydrogens (primary N) is 1. The van der Waals surface area contributed by atoms with E-state index in [0.29, 0.717) is 13.0 Å². The van der Waals surface area contributed by atoms with E-state index in [1.165, 1.54) is 11.0 Å². The monoisotopic (exact) mass is 234 g/mol. The number of hydrogen-bond donors (Lipinski definition) is 2. The zero-order chi connectivity index (χ0) is 11.7. The van der Waals surface area contributed by atoms with E-state index in [1.54, 1.807) is 6.92 Å². The molecule has 3 N–H and O–H groups in total. The molecular formula is C8H14N2O4S. The maximum absolute atomic E-state index is 10.9. The summed E-state index contributed by atoms with van der Waals surface area (Å²) in [5, 5.41) is 14.6. The van der Waals surface area contributed by atoms with Crippen LogP contribution >= 0.6 is 0 Å². The Labute approximate surface area is 88.4 Å². The summed E-state index contributed by atoms with van der Waals surface area (Å²) in [6, 6.07) is 0. The highest BCUT2D eigenvalue weighted by Crippen LogP contribution is 2.30. The quantitative estimate of drug-likeness (QED) is 0.718. The number of carboxylic acid groups (broad SMARTS) is 1. The maximum Gasteiger partial charge on any atom is 0.407 e. The fraction of sp³-hybridized carbons (Fsp3) is 0.625. The van der Waals surface area contributed by atoms with Crippen molar-refractivity contribution in [3.05, 3.63) is 11.5 Å². The van der Waals surface area contributed by atoms with Crippen molar-refractivity contribution in [2.45, 2.75) is 25.3 Å². The molecular weight excluding hydrogens is 220 g/mol. The second-order valence-corrected chi connectivity index (χ2v) is 5.24. The number of likely N-dealkylation sites (tertiary alicyclic amines) is 1. The lowest BCUT2D eigenvalue weighted by molar-refractivity contribution is 0.126. The molecule has 1 heterocycles. The maximum atomic E-state index is 10.9. The van der Waals surface area contributed by atoms with E-state index in [0.717, 1.165) is 11.8 Å². The summed E-state index contributed by atoms with van der Waals surface area (Å²) in [5.41, 5.74) is -0.766. The van der Waals surface area contributed by atoms with Crippen LogP contribution in [0.15, 0.2) is 11.5 Å². The Hall–Kier alpha value is -1.08. The first-order valence-corrected chi connectivity index (χ1v) is 6.08. The highest BCUT2D eigenvalue weighted by Gasteiger charge is 2.37. The van der Waals surface area contributed by atoms with Crippen molar-refractivity contribution in [1.82, 2.24) is 4.90 Å². The first-order valence-electron chi connectivity index (χ1n) is 4.47. The molecule has 1 amide bonds. The molecule has 1 atom stereocenters. The molecule has 0 aromatic carbocycles. The Bertz CT molecular complexity index is 389. The number of amides is 1. The molecule has 1 rings (SSSR count). The van der Waals surface area contributed by atoms with Gasteiger partial charge in [-0.25, -0.2) is 18.4 Å². The van der Waals surface area contributed by atoms with Crippen molar-refractivity contribution in [3.8, 4) is 0 Å². The molecule has 1 unspecified atom stereocenters. The molecule has 1 saturated heterocycles. The number of rotatable bonds is 2. The van der Waals surface area contributed by atoms with Crippen molar-refractivity contribution in [1.29, 1.82) is 0 Å². The first kappa shape index (κ1) is 12.0. The van der Waals surface area contributed by atoms with Crippen LogP contribution in [0, 0.1) is 0 Å². The van der Waals surface area contributed by atoms with Crippen LogP contribution in [0.25, 0.3) is 0 Å². The van der Waals surface area contributed by atoms with Crippen LogP contribution in [0.5, 0.6) is 0 Å². The molecule has 1 aliphatic rings. The van der Waals surface area contributed by atoms with E-state index in [1.807, 2.05) is 0 Å². The Kier molecular flexibility index (Phi) is 3.05. The predicted molar refractivity (Wildman–Crippen MR) is 54.6 cm³/mol. The van der Waals surface area contributed by atoms with E-state index >= 15 is 0 Å². The van der Waals surface area contributed by atoms with Crippen LogP contribution in [-0.4, -0.2) is 36.6 Å². The van der Waals surface area contributed by atoms with Gasteiger partial charge in [0.1, 0.15) is 0 Å². The number of hydrogen-bond acceptors (Lipinski definition) is 3. The largest absolute Gasteiger partial charge is 0.465 e.